The summed E-state index contributed by atoms with van der Waals surface area (Å²) in [6, 6.07) is 8.94. The molecule has 0 atom stereocenters. The first-order valence-corrected chi connectivity index (χ1v) is 8.67. The minimum atomic E-state index is -0.288. The summed E-state index contributed by atoms with van der Waals surface area (Å²) in [6.07, 6.45) is 1.66. The van der Waals surface area contributed by atoms with Crippen LogP contribution < -0.4 is 5.56 Å². The second-order valence-electron chi connectivity index (χ2n) is 6.74. The lowest BCUT2D eigenvalue weighted by Crippen LogP contribution is -2.28. The van der Waals surface area contributed by atoms with Crippen LogP contribution >= 0.6 is 0 Å². The molecule has 0 spiro atoms. The highest BCUT2D eigenvalue weighted by Crippen LogP contribution is 2.19. The highest BCUT2D eigenvalue weighted by molar-refractivity contribution is 5.95. The molecule has 2 aromatic heterocycles. The molecule has 3 aromatic rings. The molecule has 2 heterocycles. The predicted octanol–water partition coefficient (Wildman–Crippen LogP) is 2.19. The van der Waals surface area contributed by atoms with Crippen molar-refractivity contribution in [3.63, 3.8) is 0 Å². The highest BCUT2D eigenvalue weighted by atomic mass is 16.2. The molecule has 1 amide bonds. The molecule has 0 radical (unpaired) electrons. The average molecular weight is 366 g/mol. The number of nitrogens with one attached hydrogen (secondary N) is 1. The van der Waals surface area contributed by atoms with Gasteiger partial charge >= 0.3 is 0 Å². The average Bonchev–Trinajstić information content (AvgIpc) is 3.11. The van der Waals surface area contributed by atoms with Gasteiger partial charge in [0.05, 0.1) is 17.8 Å². The van der Waals surface area contributed by atoms with Crippen molar-refractivity contribution >= 4 is 5.91 Å². The van der Waals surface area contributed by atoms with E-state index in [2.05, 4.69) is 20.4 Å². The Morgan fingerprint density at radius 1 is 1.30 bits per heavy atom. The topological polar surface area (TPSA) is 96.8 Å². The Labute approximate surface area is 156 Å². The molecule has 0 fully saturated rings. The molecule has 0 aliphatic heterocycles. The number of benzene rings is 1. The Hall–Kier alpha value is -3.29. The van der Waals surface area contributed by atoms with Crippen molar-refractivity contribution in [1.82, 2.24) is 29.9 Å². The smallest absolute Gasteiger partial charge is 0.272 e. The van der Waals surface area contributed by atoms with Crippen LogP contribution in [0.4, 0.5) is 0 Å². The molecular formula is C19H22N6O2. The number of rotatable bonds is 5. The predicted molar refractivity (Wildman–Crippen MR) is 101 cm³/mol. The molecule has 0 aliphatic carbocycles. The van der Waals surface area contributed by atoms with Crippen molar-refractivity contribution in [1.29, 1.82) is 0 Å². The van der Waals surface area contributed by atoms with Gasteiger partial charge in [0.15, 0.2) is 5.82 Å². The highest BCUT2D eigenvalue weighted by Gasteiger charge is 2.17. The molecule has 0 bridgehead atoms. The number of hydrogen-bond donors (Lipinski definition) is 1. The second kappa shape index (κ2) is 7.53. The van der Waals surface area contributed by atoms with E-state index in [0.29, 0.717) is 28.9 Å². The summed E-state index contributed by atoms with van der Waals surface area (Å²) in [6.45, 7) is 6.21. The van der Waals surface area contributed by atoms with Gasteiger partial charge in [0.2, 0.25) is 0 Å². The monoisotopic (exact) mass is 366 g/mol. The Bertz CT molecular complexity index is 1020. The SMILES string of the molecule is Cc1cc(-c2cccc(C(=O)N(C)Cc3nncn3C(C)C)c2)c(=O)[nH]n1. The molecule has 0 saturated heterocycles. The van der Waals surface area contributed by atoms with E-state index in [1.165, 1.54) is 0 Å². The third-order valence-corrected chi connectivity index (χ3v) is 4.28. The Morgan fingerprint density at radius 2 is 2.07 bits per heavy atom. The van der Waals surface area contributed by atoms with E-state index in [4.69, 9.17) is 0 Å². The fourth-order valence-electron chi connectivity index (χ4n) is 2.86. The molecule has 27 heavy (non-hydrogen) atoms. The van der Waals surface area contributed by atoms with Crippen LogP contribution in [-0.4, -0.2) is 42.8 Å². The fraction of sp³-hybridized carbons (Fsp3) is 0.316. The zero-order chi connectivity index (χ0) is 19.6. The van der Waals surface area contributed by atoms with Crippen LogP contribution in [0.2, 0.25) is 0 Å². The summed E-state index contributed by atoms with van der Waals surface area (Å²) in [5.41, 5.74) is 2.07. The molecule has 3 rings (SSSR count). The summed E-state index contributed by atoms with van der Waals surface area (Å²) in [5, 5.41) is 14.4. The van der Waals surface area contributed by atoms with E-state index in [1.54, 1.807) is 55.5 Å². The number of aryl methyl sites for hydroxylation is 1. The largest absolute Gasteiger partial charge is 0.334 e. The number of nitrogens with zero attached hydrogens (tertiary/aromatic N) is 5. The fourth-order valence-corrected chi connectivity index (χ4v) is 2.86. The molecule has 8 nitrogen and oxygen atoms in total. The molecule has 0 unspecified atom stereocenters. The van der Waals surface area contributed by atoms with Gasteiger partial charge in [-0.1, -0.05) is 12.1 Å². The van der Waals surface area contributed by atoms with E-state index in [0.717, 1.165) is 5.82 Å². The van der Waals surface area contributed by atoms with Crippen LogP contribution in [0.15, 0.2) is 41.5 Å². The minimum Gasteiger partial charge on any atom is -0.334 e. The molecule has 0 saturated carbocycles. The molecule has 140 valence electrons. The van der Waals surface area contributed by atoms with Gasteiger partial charge in [0.1, 0.15) is 6.33 Å². The minimum absolute atomic E-state index is 0.155. The zero-order valence-corrected chi connectivity index (χ0v) is 15.8. The molecule has 1 N–H and O–H groups in total. The van der Waals surface area contributed by atoms with E-state index < -0.39 is 0 Å². The quantitative estimate of drug-likeness (QED) is 0.746. The van der Waals surface area contributed by atoms with Gasteiger partial charge in [-0.15, -0.1) is 10.2 Å². The van der Waals surface area contributed by atoms with Gasteiger partial charge in [0.25, 0.3) is 11.5 Å². The number of hydrogen-bond acceptors (Lipinski definition) is 5. The number of amides is 1. The summed E-state index contributed by atoms with van der Waals surface area (Å²) < 4.78 is 1.93. The number of carbonyl (C=O) groups is 1. The van der Waals surface area contributed by atoms with Gasteiger partial charge in [-0.3, -0.25) is 9.59 Å². The van der Waals surface area contributed by atoms with E-state index in [9.17, 15) is 9.59 Å². The van der Waals surface area contributed by atoms with Gasteiger partial charge < -0.3 is 9.47 Å². The van der Waals surface area contributed by atoms with E-state index in [1.807, 2.05) is 18.4 Å². The van der Waals surface area contributed by atoms with Crippen molar-refractivity contribution in [2.24, 2.45) is 0 Å². The van der Waals surface area contributed by atoms with Crippen molar-refractivity contribution in [2.45, 2.75) is 33.4 Å². The number of aromatic amines is 1. The van der Waals surface area contributed by atoms with Gasteiger partial charge in [-0.05, 0) is 44.5 Å². The maximum absolute atomic E-state index is 12.9. The van der Waals surface area contributed by atoms with Crippen molar-refractivity contribution in [3.05, 3.63) is 64.1 Å². The maximum Gasteiger partial charge on any atom is 0.272 e. The summed E-state index contributed by atoms with van der Waals surface area (Å²) >= 11 is 0. The maximum atomic E-state index is 12.9. The lowest BCUT2D eigenvalue weighted by molar-refractivity contribution is 0.0779. The standard InChI is InChI=1S/C19H22N6O2/c1-12(2)25-11-20-22-17(25)10-24(4)19(27)15-7-5-6-14(9-15)16-8-13(3)21-23-18(16)26/h5-9,11-12H,10H2,1-4H3,(H,23,26). The lowest BCUT2D eigenvalue weighted by Gasteiger charge is -2.18. The van der Waals surface area contributed by atoms with Crippen LogP contribution in [-0.2, 0) is 6.54 Å². The molecule has 1 aromatic carbocycles. The Morgan fingerprint density at radius 3 is 2.81 bits per heavy atom. The Kier molecular flexibility index (Phi) is 5.16. The van der Waals surface area contributed by atoms with E-state index >= 15 is 0 Å². The third kappa shape index (κ3) is 3.94. The molecular weight excluding hydrogens is 344 g/mol. The van der Waals surface area contributed by atoms with Crippen LogP contribution in [0.3, 0.4) is 0 Å². The van der Waals surface area contributed by atoms with E-state index in [-0.39, 0.29) is 17.5 Å². The summed E-state index contributed by atoms with van der Waals surface area (Å²) in [7, 11) is 1.72. The number of aromatic nitrogens is 5. The summed E-state index contributed by atoms with van der Waals surface area (Å²) in [4.78, 5) is 26.5. The van der Waals surface area contributed by atoms with Gasteiger partial charge in [-0.2, -0.15) is 5.10 Å². The van der Waals surface area contributed by atoms with Gasteiger partial charge in [0, 0.05) is 18.7 Å². The first-order valence-electron chi connectivity index (χ1n) is 8.67. The number of carbonyl (C=O) groups excluding carboxylic acids is 1. The van der Waals surface area contributed by atoms with Gasteiger partial charge in [-0.25, -0.2) is 5.10 Å². The Balaban J connectivity index is 1.86. The normalized spacial score (nSPS) is 11.0. The molecule has 0 aliphatic rings. The van der Waals surface area contributed by atoms with Crippen LogP contribution in [0.5, 0.6) is 0 Å². The summed E-state index contributed by atoms with van der Waals surface area (Å²) in [5.74, 6) is 0.565. The van der Waals surface area contributed by atoms with Crippen molar-refractivity contribution < 1.29 is 4.79 Å². The van der Waals surface area contributed by atoms with Crippen molar-refractivity contribution in [3.8, 4) is 11.1 Å². The number of H-pyrrole nitrogens is 1. The first-order chi connectivity index (χ1) is 12.9. The van der Waals surface area contributed by atoms with Crippen LogP contribution in [0.1, 0.15) is 41.8 Å². The van der Waals surface area contributed by atoms with Crippen LogP contribution in [0.25, 0.3) is 11.1 Å². The third-order valence-electron chi connectivity index (χ3n) is 4.28. The first kappa shape index (κ1) is 18.5. The zero-order valence-electron chi connectivity index (χ0n) is 15.8. The van der Waals surface area contributed by atoms with Crippen LogP contribution in [0, 0.1) is 6.92 Å². The second-order valence-corrected chi connectivity index (χ2v) is 6.74. The van der Waals surface area contributed by atoms with Crippen molar-refractivity contribution in [2.75, 3.05) is 7.05 Å². The molecule has 8 heteroatoms. The lowest BCUT2D eigenvalue weighted by atomic mass is 10.0.